The molecule has 1 aromatic heterocycles. The van der Waals surface area contributed by atoms with Crippen molar-refractivity contribution in [2.75, 3.05) is 45.1 Å². The maximum absolute atomic E-state index is 14.8. The lowest BCUT2D eigenvalue weighted by Gasteiger charge is -2.34. The number of benzene rings is 2. The number of aromatic nitrogens is 1. The van der Waals surface area contributed by atoms with Crippen LogP contribution in [-0.4, -0.2) is 101 Å². The van der Waals surface area contributed by atoms with E-state index < -0.39 is 30.1 Å². The Hall–Kier alpha value is -4.36. The minimum atomic E-state index is -1.39. The molecule has 11 nitrogen and oxygen atoms in total. The van der Waals surface area contributed by atoms with Gasteiger partial charge in [-0.15, -0.1) is 11.3 Å². The highest BCUT2D eigenvalue weighted by Gasteiger charge is 2.43. The van der Waals surface area contributed by atoms with Gasteiger partial charge in [-0.05, 0) is 37.6 Å². The molecule has 0 bridgehead atoms. The van der Waals surface area contributed by atoms with E-state index >= 15 is 0 Å². The van der Waals surface area contributed by atoms with Crippen LogP contribution in [0.1, 0.15) is 41.2 Å². The van der Waals surface area contributed by atoms with E-state index in [4.69, 9.17) is 0 Å². The number of nitrogens with one attached hydrogen (secondary N) is 3. The SMILES string of the molecule is CN1CCN(C(=O)N[C@@H](C(=O)N2C[C@@H](F)C[C@H]2C(=O)Nc2nc(-c3ccc(C(=O)NC4CC4)cc3)cs2)c2ccccc2)CC1. The molecule has 3 aliphatic rings. The van der Waals surface area contributed by atoms with E-state index in [2.05, 4.69) is 25.8 Å². The summed E-state index contributed by atoms with van der Waals surface area (Å²) >= 11 is 1.21. The van der Waals surface area contributed by atoms with Gasteiger partial charge in [0.15, 0.2) is 5.13 Å². The third-order valence-corrected chi connectivity index (χ3v) is 9.12. The summed E-state index contributed by atoms with van der Waals surface area (Å²) in [5, 5.41) is 10.7. The Labute approximate surface area is 264 Å². The maximum Gasteiger partial charge on any atom is 0.318 e. The number of hydrogen-bond donors (Lipinski definition) is 3. The number of anilines is 1. The second kappa shape index (κ2) is 13.3. The highest BCUT2D eigenvalue weighted by Crippen LogP contribution is 2.29. The maximum atomic E-state index is 14.8. The summed E-state index contributed by atoms with van der Waals surface area (Å²) < 4.78 is 14.8. The van der Waals surface area contributed by atoms with Crippen LogP contribution >= 0.6 is 11.3 Å². The van der Waals surface area contributed by atoms with Crippen molar-refractivity contribution < 1.29 is 23.6 Å². The number of nitrogens with zero attached hydrogens (tertiary/aromatic N) is 4. The predicted octanol–water partition coefficient (Wildman–Crippen LogP) is 3.28. The minimum absolute atomic E-state index is 0.106. The summed E-state index contributed by atoms with van der Waals surface area (Å²) in [6.07, 6.45) is 0.471. The average molecular weight is 634 g/mol. The van der Waals surface area contributed by atoms with Crippen molar-refractivity contribution >= 4 is 40.2 Å². The number of alkyl halides is 1. The molecule has 3 atom stereocenters. The molecule has 5 amide bonds. The third-order valence-electron chi connectivity index (χ3n) is 8.36. The van der Waals surface area contributed by atoms with Crippen molar-refractivity contribution in [1.82, 2.24) is 30.3 Å². The second-order valence-corrected chi connectivity index (χ2v) is 12.6. The topological polar surface area (TPSA) is 127 Å². The summed E-state index contributed by atoms with van der Waals surface area (Å²) in [6.45, 7) is 2.23. The number of halogens is 1. The van der Waals surface area contributed by atoms with Crippen LogP contribution in [0, 0.1) is 0 Å². The third kappa shape index (κ3) is 7.31. The molecule has 3 N–H and O–H groups in total. The number of carbonyl (C=O) groups excluding carboxylic acids is 4. The van der Waals surface area contributed by atoms with Crippen LogP contribution in [-0.2, 0) is 9.59 Å². The van der Waals surface area contributed by atoms with E-state index in [1.165, 1.54) is 16.2 Å². The summed E-state index contributed by atoms with van der Waals surface area (Å²) in [5.74, 6) is -1.20. The summed E-state index contributed by atoms with van der Waals surface area (Å²) in [4.78, 5) is 62.4. The molecular formula is C32H36FN7O4S. The van der Waals surface area contributed by atoms with Crippen LogP contribution in [0.4, 0.5) is 14.3 Å². The molecule has 0 radical (unpaired) electrons. The fraction of sp³-hybridized carbons (Fsp3) is 0.406. The summed E-state index contributed by atoms with van der Waals surface area (Å²) in [5.41, 5.74) is 2.50. The standard InChI is InChI=1S/C32H36FN7O4S/c1-38-13-15-39(16-14-38)32(44)36-27(21-5-3-2-4-6-21)30(43)40-18-23(33)17-26(40)29(42)37-31-35-25(19-45-31)20-7-9-22(10-8-20)28(41)34-24-11-12-24/h2-10,19,23-24,26-27H,11-18H2,1H3,(H,34,41)(H,36,44)(H,35,37,42)/t23-,26-,27+/m0/s1. The zero-order valence-corrected chi connectivity index (χ0v) is 25.8. The first-order valence-electron chi connectivity index (χ1n) is 15.2. The zero-order chi connectivity index (χ0) is 31.5. The van der Waals surface area contributed by atoms with Gasteiger partial charge in [-0.2, -0.15) is 0 Å². The van der Waals surface area contributed by atoms with Gasteiger partial charge in [0.1, 0.15) is 18.3 Å². The van der Waals surface area contributed by atoms with Gasteiger partial charge in [-0.25, -0.2) is 14.2 Å². The number of likely N-dealkylation sites (N-methyl/N-ethyl adjacent to an activating group) is 1. The fourth-order valence-corrected chi connectivity index (χ4v) is 6.26. The Morgan fingerprint density at radius 3 is 2.38 bits per heavy atom. The molecule has 2 aliphatic heterocycles. The first-order chi connectivity index (χ1) is 21.7. The van der Waals surface area contributed by atoms with Gasteiger partial charge < -0.3 is 30.7 Å². The lowest BCUT2D eigenvalue weighted by molar-refractivity contribution is -0.138. The predicted molar refractivity (Wildman–Crippen MR) is 168 cm³/mol. The summed E-state index contributed by atoms with van der Waals surface area (Å²) in [7, 11) is 1.98. The number of likely N-dealkylation sites (tertiary alicyclic amines) is 1. The normalized spacial score (nSPS) is 20.8. The van der Waals surface area contributed by atoms with Crippen molar-refractivity contribution in [3.8, 4) is 11.3 Å². The average Bonchev–Trinajstić information content (AvgIpc) is 3.59. The Bertz CT molecular complexity index is 1540. The Kier molecular flexibility index (Phi) is 9.08. The van der Waals surface area contributed by atoms with Crippen molar-refractivity contribution in [3.63, 3.8) is 0 Å². The fourth-order valence-electron chi connectivity index (χ4n) is 5.54. The highest BCUT2D eigenvalue weighted by molar-refractivity contribution is 7.14. The van der Waals surface area contributed by atoms with E-state index in [-0.39, 0.29) is 30.9 Å². The molecule has 3 fully saturated rings. The van der Waals surface area contributed by atoms with Crippen LogP contribution in [0.3, 0.4) is 0 Å². The lowest BCUT2D eigenvalue weighted by Crippen LogP contribution is -2.54. The van der Waals surface area contributed by atoms with Gasteiger partial charge in [0.2, 0.25) is 5.91 Å². The van der Waals surface area contributed by atoms with Gasteiger partial charge in [0.25, 0.3) is 11.8 Å². The lowest BCUT2D eigenvalue weighted by atomic mass is 10.0. The highest BCUT2D eigenvalue weighted by atomic mass is 32.1. The van der Waals surface area contributed by atoms with E-state index in [9.17, 15) is 23.6 Å². The van der Waals surface area contributed by atoms with Crippen molar-refractivity contribution in [2.45, 2.75) is 43.6 Å². The molecule has 6 rings (SSSR count). The molecule has 0 spiro atoms. The van der Waals surface area contributed by atoms with Crippen LogP contribution in [0.2, 0.25) is 0 Å². The van der Waals surface area contributed by atoms with Gasteiger partial charge >= 0.3 is 6.03 Å². The smallest absolute Gasteiger partial charge is 0.318 e. The first-order valence-corrected chi connectivity index (χ1v) is 16.0. The van der Waals surface area contributed by atoms with Gasteiger partial charge in [-0.3, -0.25) is 14.4 Å². The van der Waals surface area contributed by atoms with Gasteiger partial charge in [-0.1, -0.05) is 42.5 Å². The molecular weight excluding hydrogens is 597 g/mol. The number of urea groups is 1. The number of piperazine rings is 1. The van der Waals surface area contributed by atoms with Crippen molar-refractivity contribution in [1.29, 1.82) is 0 Å². The number of hydrogen-bond acceptors (Lipinski definition) is 7. The minimum Gasteiger partial charge on any atom is -0.349 e. The summed E-state index contributed by atoms with van der Waals surface area (Å²) in [6, 6.07) is 13.6. The molecule has 45 heavy (non-hydrogen) atoms. The molecule has 1 saturated carbocycles. The largest absolute Gasteiger partial charge is 0.349 e. The van der Waals surface area contributed by atoms with Crippen LogP contribution in [0.5, 0.6) is 0 Å². The van der Waals surface area contributed by atoms with Gasteiger partial charge in [0, 0.05) is 55.1 Å². The van der Waals surface area contributed by atoms with Crippen molar-refractivity contribution in [2.24, 2.45) is 0 Å². The molecule has 2 saturated heterocycles. The zero-order valence-electron chi connectivity index (χ0n) is 24.9. The number of amides is 5. The molecule has 236 valence electrons. The Morgan fingerprint density at radius 2 is 1.69 bits per heavy atom. The van der Waals surface area contributed by atoms with E-state index in [0.717, 1.165) is 31.5 Å². The quantitative estimate of drug-likeness (QED) is 0.350. The Morgan fingerprint density at radius 1 is 0.978 bits per heavy atom. The number of thiazole rings is 1. The van der Waals surface area contributed by atoms with E-state index in [1.807, 2.05) is 7.05 Å². The van der Waals surface area contributed by atoms with Crippen molar-refractivity contribution in [3.05, 3.63) is 71.1 Å². The van der Waals surface area contributed by atoms with Crippen LogP contribution in [0.15, 0.2) is 60.0 Å². The molecule has 3 aromatic rings. The van der Waals surface area contributed by atoms with Gasteiger partial charge in [0.05, 0.1) is 12.2 Å². The molecule has 0 unspecified atom stereocenters. The van der Waals surface area contributed by atoms with E-state index in [0.29, 0.717) is 35.0 Å². The first kappa shape index (κ1) is 30.7. The molecule has 1 aliphatic carbocycles. The number of carbonyl (C=O) groups is 4. The monoisotopic (exact) mass is 633 g/mol. The van der Waals surface area contributed by atoms with E-state index in [1.54, 1.807) is 64.9 Å². The van der Waals surface area contributed by atoms with Crippen LogP contribution in [0.25, 0.3) is 11.3 Å². The van der Waals surface area contributed by atoms with Crippen LogP contribution < -0.4 is 16.0 Å². The molecule has 13 heteroatoms. The second-order valence-electron chi connectivity index (χ2n) is 11.8. The molecule has 3 heterocycles. The molecule has 2 aromatic carbocycles. The number of rotatable bonds is 8. The Balaban J connectivity index is 1.13.